The predicted molar refractivity (Wildman–Crippen MR) is 120 cm³/mol. The average molecular weight is 491 g/mol. The van der Waals surface area contributed by atoms with E-state index in [1.165, 1.54) is 24.4 Å². The highest BCUT2D eigenvalue weighted by Gasteiger charge is 2.31. The number of rotatable bonds is 8. The molecule has 4 rings (SSSR count). The SMILES string of the molecule is O=C(CCc1ncc(-c2ccccc2F)o1)NCC(c1ccc(C(F)(F)F)cc1)N1CCOCC1. The van der Waals surface area contributed by atoms with E-state index in [-0.39, 0.29) is 37.1 Å². The van der Waals surface area contributed by atoms with E-state index in [1.807, 2.05) is 0 Å². The maximum atomic E-state index is 13.9. The van der Waals surface area contributed by atoms with E-state index in [0.717, 1.165) is 12.1 Å². The van der Waals surface area contributed by atoms with E-state index >= 15 is 0 Å². The van der Waals surface area contributed by atoms with Crippen molar-refractivity contribution in [2.45, 2.75) is 25.1 Å². The molecule has 1 aliphatic rings. The molecule has 1 atom stereocenters. The zero-order chi connectivity index (χ0) is 24.8. The van der Waals surface area contributed by atoms with Gasteiger partial charge in [0.1, 0.15) is 5.82 Å². The average Bonchev–Trinajstić information content (AvgIpc) is 3.32. The quantitative estimate of drug-likeness (QED) is 0.466. The van der Waals surface area contributed by atoms with Crippen molar-refractivity contribution >= 4 is 5.91 Å². The summed E-state index contributed by atoms with van der Waals surface area (Å²) in [5.74, 6) is -0.0785. The molecular weight excluding hydrogens is 466 g/mol. The Labute approximate surface area is 199 Å². The Morgan fingerprint density at radius 2 is 1.80 bits per heavy atom. The van der Waals surface area contributed by atoms with Gasteiger partial charge < -0.3 is 14.5 Å². The van der Waals surface area contributed by atoms with Crippen LogP contribution in [0.1, 0.15) is 29.5 Å². The molecule has 1 aliphatic heterocycles. The normalized spacial score (nSPS) is 15.7. The van der Waals surface area contributed by atoms with Crippen molar-refractivity contribution in [1.29, 1.82) is 0 Å². The predicted octanol–water partition coefficient (Wildman–Crippen LogP) is 4.62. The number of aromatic nitrogens is 1. The van der Waals surface area contributed by atoms with Gasteiger partial charge >= 0.3 is 6.18 Å². The number of halogens is 4. The van der Waals surface area contributed by atoms with Crippen LogP contribution >= 0.6 is 0 Å². The molecule has 0 radical (unpaired) electrons. The molecule has 2 aromatic carbocycles. The summed E-state index contributed by atoms with van der Waals surface area (Å²) >= 11 is 0. The van der Waals surface area contributed by atoms with E-state index in [4.69, 9.17) is 9.15 Å². The standard InChI is InChI=1S/C25H25F4N3O3/c26-20-4-2-1-3-19(20)22-16-31-24(35-22)10-9-23(33)30-15-21(32-11-13-34-14-12-32)17-5-7-18(8-6-17)25(27,28)29/h1-8,16,21H,9-15H2,(H,30,33). The molecule has 1 N–H and O–H groups in total. The highest BCUT2D eigenvalue weighted by Crippen LogP contribution is 2.31. The molecule has 186 valence electrons. The number of oxazole rings is 1. The molecule has 0 spiro atoms. The fourth-order valence-electron chi connectivity index (χ4n) is 3.97. The van der Waals surface area contributed by atoms with Crippen molar-refractivity contribution in [3.8, 4) is 11.3 Å². The molecule has 0 saturated carbocycles. The van der Waals surface area contributed by atoms with Gasteiger partial charge in [-0.25, -0.2) is 9.37 Å². The summed E-state index contributed by atoms with van der Waals surface area (Å²) in [7, 11) is 0. The molecule has 1 saturated heterocycles. The molecule has 0 aliphatic carbocycles. The van der Waals surface area contributed by atoms with Crippen molar-refractivity contribution in [3.63, 3.8) is 0 Å². The van der Waals surface area contributed by atoms with Crippen LogP contribution in [0.15, 0.2) is 59.1 Å². The summed E-state index contributed by atoms with van der Waals surface area (Å²) in [5.41, 5.74) is 0.259. The lowest BCUT2D eigenvalue weighted by Gasteiger charge is -2.35. The molecule has 1 fully saturated rings. The van der Waals surface area contributed by atoms with Crippen molar-refractivity contribution in [2.24, 2.45) is 0 Å². The number of benzene rings is 2. The van der Waals surface area contributed by atoms with Gasteiger partial charge in [0.15, 0.2) is 11.7 Å². The van der Waals surface area contributed by atoms with Crippen LogP contribution in [0.25, 0.3) is 11.3 Å². The summed E-state index contributed by atoms with van der Waals surface area (Å²) < 4.78 is 63.8. The first-order chi connectivity index (χ1) is 16.8. The summed E-state index contributed by atoms with van der Waals surface area (Å²) in [6.07, 6.45) is -2.67. The van der Waals surface area contributed by atoms with Gasteiger partial charge in [0.2, 0.25) is 5.91 Å². The van der Waals surface area contributed by atoms with Gasteiger partial charge in [-0.3, -0.25) is 9.69 Å². The van der Waals surface area contributed by atoms with Gasteiger partial charge in [-0.15, -0.1) is 0 Å². The summed E-state index contributed by atoms with van der Waals surface area (Å²) in [4.78, 5) is 18.7. The highest BCUT2D eigenvalue weighted by molar-refractivity contribution is 5.76. The molecule has 10 heteroatoms. The lowest BCUT2D eigenvalue weighted by Crippen LogP contribution is -2.43. The van der Waals surface area contributed by atoms with Crippen LogP contribution < -0.4 is 5.32 Å². The Bertz CT molecular complexity index is 1130. The second-order valence-electron chi connectivity index (χ2n) is 8.19. The number of ether oxygens (including phenoxy) is 1. The molecule has 6 nitrogen and oxygen atoms in total. The molecule has 3 aromatic rings. The van der Waals surface area contributed by atoms with Gasteiger partial charge in [0.25, 0.3) is 0 Å². The van der Waals surface area contributed by atoms with Gasteiger partial charge in [0.05, 0.1) is 36.6 Å². The maximum absolute atomic E-state index is 13.9. The number of nitrogens with one attached hydrogen (secondary N) is 1. The number of carbonyl (C=O) groups excluding carboxylic acids is 1. The number of morpholine rings is 1. The van der Waals surface area contributed by atoms with E-state index in [0.29, 0.717) is 43.3 Å². The van der Waals surface area contributed by atoms with Crippen LogP contribution in [0.3, 0.4) is 0 Å². The fraction of sp³-hybridized carbons (Fsp3) is 0.360. The van der Waals surface area contributed by atoms with Crippen molar-refractivity contribution in [3.05, 3.63) is 77.6 Å². The van der Waals surface area contributed by atoms with Crippen molar-refractivity contribution in [1.82, 2.24) is 15.2 Å². The number of hydrogen-bond donors (Lipinski definition) is 1. The Morgan fingerprint density at radius 3 is 2.49 bits per heavy atom. The number of hydrogen-bond acceptors (Lipinski definition) is 5. The van der Waals surface area contributed by atoms with E-state index in [1.54, 1.807) is 18.2 Å². The topological polar surface area (TPSA) is 67.6 Å². The zero-order valence-corrected chi connectivity index (χ0v) is 18.9. The van der Waals surface area contributed by atoms with Gasteiger partial charge in [0, 0.05) is 32.5 Å². The zero-order valence-electron chi connectivity index (χ0n) is 18.9. The van der Waals surface area contributed by atoms with E-state index < -0.39 is 17.6 Å². The molecule has 1 unspecified atom stereocenters. The Kier molecular flexibility index (Phi) is 7.82. The Morgan fingerprint density at radius 1 is 1.09 bits per heavy atom. The van der Waals surface area contributed by atoms with Crippen LogP contribution in [0.4, 0.5) is 17.6 Å². The second kappa shape index (κ2) is 11.0. The smallest absolute Gasteiger partial charge is 0.416 e. The number of carbonyl (C=O) groups is 1. The summed E-state index contributed by atoms with van der Waals surface area (Å²) in [5, 5.41) is 2.87. The molecular formula is C25H25F4N3O3. The van der Waals surface area contributed by atoms with E-state index in [2.05, 4.69) is 15.2 Å². The first-order valence-electron chi connectivity index (χ1n) is 11.3. The summed E-state index contributed by atoms with van der Waals surface area (Å²) in [6.45, 7) is 2.48. The monoisotopic (exact) mass is 491 g/mol. The lowest BCUT2D eigenvalue weighted by molar-refractivity contribution is -0.137. The molecule has 1 aromatic heterocycles. The van der Waals surface area contributed by atoms with Crippen molar-refractivity contribution < 1.29 is 31.5 Å². The minimum Gasteiger partial charge on any atom is -0.441 e. The number of amides is 1. The maximum Gasteiger partial charge on any atom is 0.416 e. The molecule has 35 heavy (non-hydrogen) atoms. The van der Waals surface area contributed by atoms with Crippen LogP contribution in [0.5, 0.6) is 0 Å². The molecule has 1 amide bonds. The van der Waals surface area contributed by atoms with Crippen LogP contribution in [-0.4, -0.2) is 48.6 Å². The van der Waals surface area contributed by atoms with Gasteiger partial charge in [-0.05, 0) is 29.8 Å². The number of aryl methyl sites for hydroxylation is 1. The number of nitrogens with zero attached hydrogens (tertiary/aromatic N) is 2. The minimum atomic E-state index is -4.41. The van der Waals surface area contributed by atoms with Crippen LogP contribution in [-0.2, 0) is 22.1 Å². The van der Waals surface area contributed by atoms with E-state index in [9.17, 15) is 22.4 Å². The van der Waals surface area contributed by atoms with Crippen LogP contribution in [0, 0.1) is 5.82 Å². The molecule has 0 bridgehead atoms. The summed E-state index contributed by atoms with van der Waals surface area (Å²) in [6, 6.07) is 10.9. The second-order valence-corrected chi connectivity index (χ2v) is 8.19. The third-order valence-electron chi connectivity index (χ3n) is 5.86. The number of alkyl halides is 3. The third-order valence-corrected chi connectivity index (χ3v) is 5.86. The largest absolute Gasteiger partial charge is 0.441 e. The van der Waals surface area contributed by atoms with Crippen LogP contribution in [0.2, 0.25) is 0 Å². The highest BCUT2D eigenvalue weighted by atomic mass is 19.4. The van der Waals surface area contributed by atoms with Crippen molar-refractivity contribution in [2.75, 3.05) is 32.8 Å². The Hall–Kier alpha value is -3.24. The third kappa shape index (κ3) is 6.46. The first kappa shape index (κ1) is 24.9. The van der Waals surface area contributed by atoms with Gasteiger partial charge in [-0.1, -0.05) is 24.3 Å². The Balaban J connectivity index is 1.36. The van der Waals surface area contributed by atoms with Gasteiger partial charge in [-0.2, -0.15) is 13.2 Å². The molecule has 2 heterocycles. The lowest BCUT2D eigenvalue weighted by atomic mass is 10.0. The first-order valence-corrected chi connectivity index (χ1v) is 11.3. The fourth-order valence-corrected chi connectivity index (χ4v) is 3.97. The minimum absolute atomic E-state index is 0.0973.